The summed E-state index contributed by atoms with van der Waals surface area (Å²) in [7, 11) is -2.55. The van der Waals surface area contributed by atoms with E-state index in [4.69, 9.17) is 13.9 Å². The summed E-state index contributed by atoms with van der Waals surface area (Å²) in [5, 5.41) is 12.4. The van der Waals surface area contributed by atoms with Crippen LogP contribution in [0.5, 0.6) is 0 Å². The van der Waals surface area contributed by atoms with Crippen molar-refractivity contribution < 1.29 is 19.0 Å². The van der Waals surface area contributed by atoms with Crippen molar-refractivity contribution in [2.45, 2.75) is 57.8 Å². The zero-order chi connectivity index (χ0) is 22.9. The predicted molar refractivity (Wildman–Crippen MR) is 133 cm³/mol. The van der Waals surface area contributed by atoms with Gasteiger partial charge in [-0.05, 0) is 46.7 Å². The molecule has 1 N–H and O–H groups in total. The van der Waals surface area contributed by atoms with Crippen LogP contribution in [0.3, 0.4) is 0 Å². The van der Waals surface area contributed by atoms with E-state index in [1.165, 1.54) is 10.4 Å². The Balaban J connectivity index is 1.74. The van der Waals surface area contributed by atoms with E-state index in [1.54, 1.807) is 0 Å². The maximum Gasteiger partial charge on any atom is 0.261 e. The second kappa shape index (κ2) is 11.9. The molecule has 0 aromatic heterocycles. The molecule has 1 aliphatic heterocycles. The summed E-state index contributed by atoms with van der Waals surface area (Å²) in [4.78, 5) is 0. The van der Waals surface area contributed by atoms with Gasteiger partial charge in [-0.15, -0.1) is 0 Å². The normalized spacial score (nSPS) is 18.0. The molecule has 32 heavy (non-hydrogen) atoms. The van der Waals surface area contributed by atoms with E-state index in [2.05, 4.69) is 81.4 Å². The summed E-state index contributed by atoms with van der Waals surface area (Å²) in [5.74, 6) is 0. The van der Waals surface area contributed by atoms with Gasteiger partial charge in [0.2, 0.25) is 0 Å². The van der Waals surface area contributed by atoms with Crippen molar-refractivity contribution >= 4 is 18.7 Å². The summed E-state index contributed by atoms with van der Waals surface area (Å²) < 4.78 is 18.4. The van der Waals surface area contributed by atoms with Crippen LogP contribution < -0.4 is 10.4 Å². The molecule has 2 aromatic rings. The lowest BCUT2D eigenvalue weighted by Crippen LogP contribution is -2.66. The third-order valence-electron chi connectivity index (χ3n) is 6.15. The minimum atomic E-state index is -2.55. The molecule has 0 spiro atoms. The molecular weight excluding hydrogens is 416 g/mol. The van der Waals surface area contributed by atoms with E-state index >= 15 is 0 Å². The first-order chi connectivity index (χ1) is 15.5. The van der Waals surface area contributed by atoms with Gasteiger partial charge in [0.1, 0.15) is 0 Å². The van der Waals surface area contributed by atoms with E-state index in [0.29, 0.717) is 19.6 Å². The van der Waals surface area contributed by atoms with Gasteiger partial charge in [-0.2, -0.15) is 0 Å². The van der Waals surface area contributed by atoms with Gasteiger partial charge in [0.15, 0.2) is 6.29 Å². The number of rotatable bonds is 10. The number of ether oxygens (including phenoxy) is 2. The fraction of sp³-hybridized carbons (Fsp3) is 0.481. The zero-order valence-electron chi connectivity index (χ0n) is 19.8. The lowest BCUT2D eigenvalue weighted by atomic mass is 10.2. The molecular formula is C27H38O4Si. The van der Waals surface area contributed by atoms with Crippen LogP contribution in [0.4, 0.5) is 0 Å². The van der Waals surface area contributed by atoms with Crippen molar-refractivity contribution in [1.82, 2.24) is 0 Å². The Labute approximate surface area is 194 Å². The second-order valence-corrected chi connectivity index (χ2v) is 13.7. The van der Waals surface area contributed by atoms with Crippen LogP contribution >= 0.6 is 0 Å². The molecule has 4 nitrogen and oxygen atoms in total. The molecule has 1 heterocycles. The molecule has 0 amide bonds. The van der Waals surface area contributed by atoms with Gasteiger partial charge in [-0.25, -0.2) is 0 Å². The lowest BCUT2D eigenvalue weighted by Gasteiger charge is -2.43. The smallest absolute Gasteiger partial charge is 0.261 e. The molecule has 1 atom stereocenters. The predicted octanol–water partition coefficient (Wildman–Crippen LogP) is 4.42. The fourth-order valence-electron chi connectivity index (χ4n) is 4.46. The van der Waals surface area contributed by atoms with Crippen LogP contribution in [-0.2, 0) is 13.9 Å². The van der Waals surface area contributed by atoms with Gasteiger partial charge in [-0.1, -0.05) is 87.5 Å². The summed E-state index contributed by atoms with van der Waals surface area (Å²) >= 11 is 0. The van der Waals surface area contributed by atoms with Gasteiger partial charge >= 0.3 is 0 Å². The number of benzene rings is 2. The highest BCUT2D eigenvalue weighted by atomic mass is 28.4. The van der Waals surface area contributed by atoms with E-state index in [1.807, 2.05) is 6.08 Å². The molecule has 2 aromatic carbocycles. The van der Waals surface area contributed by atoms with Gasteiger partial charge in [0.05, 0.1) is 13.2 Å². The summed E-state index contributed by atoms with van der Waals surface area (Å²) in [6.07, 6.45) is 5.74. The van der Waals surface area contributed by atoms with Gasteiger partial charge in [-0.3, -0.25) is 0 Å². The maximum atomic E-state index is 9.89. The second-order valence-electron chi connectivity index (χ2n) is 9.41. The molecule has 1 unspecified atom stereocenters. The topological polar surface area (TPSA) is 47.9 Å². The molecule has 1 fully saturated rings. The van der Waals surface area contributed by atoms with Crippen molar-refractivity contribution in [3.63, 3.8) is 0 Å². The molecule has 174 valence electrons. The lowest BCUT2D eigenvalue weighted by molar-refractivity contribution is -0.155. The molecule has 1 aliphatic rings. The average Bonchev–Trinajstić information content (AvgIpc) is 2.82. The van der Waals surface area contributed by atoms with Crippen LogP contribution in [0.15, 0.2) is 72.3 Å². The quantitative estimate of drug-likeness (QED) is 0.427. The molecule has 0 radical (unpaired) electrons. The van der Waals surface area contributed by atoms with Crippen LogP contribution in [-0.4, -0.2) is 46.1 Å². The van der Waals surface area contributed by atoms with E-state index < -0.39 is 8.32 Å². The van der Waals surface area contributed by atoms with Crippen molar-refractivity contribution in [3.05, 3.63) is 72.3 Å². The van der Waals surface area contributed by atoms with Gasteiger partial charge in [0.25, 0.3) is 8.32 Å². The third kappa shape index (κ3) is 6.18. The van der Waals surface area contributed by atoms with Crippen molar-refractivity contribution in [2.24, 2.45) is 0 Å². The van der Waals surface area contributed by atoms with Crippen LogP contribution in [0, 0.1) is 0 Å². The molecule has 5 heteroatoms. The fourth-order valence-corrected chi connectivity index (χ4v) is 9.02. The first kappa shape index (κ1) is 24.9. The number of hydrogen-bond donors (Lipinski definition) is 1. The standard InChI is InChI=1S/C27H38O4Si/c1-27(2,3)32(24-12-6-4-7-13-24,25-14-8-5-9-15-25)31-21-18-23(22-28)17-20-30-26-16-10-11-19-29-26/h4-9,12-15,17,26,28H,10-11,16,18-22H2,1-3H3/b23-17-. The summed E-state index contributed by atoms with van der Waals surface area (Å²) in [6, 6.07) is 21.3. The highest BCUT2D eigenvalue weighted by Gasteiger charge is 2.49. The largest absolute Gasteiger partial charge is 0.407 e. The molecule has 0 bridgehead atoms. The average molecular weight is 455 g/mol. The monoisotopic (exact) mass is 454 g/mol. The minimum Gasteiger partial charge on any atom is -0.407 e. The Bertz CT molecular complexity index is 784. The first-order valence-electron chi connectivity index (χ1n) is 11.7. The minimum absolute atomic E-state index is 0.0129. The maximum absolute atomic E-state index is 9.89. The van der Waals surface area contributed by atoms with Crippen LogP contribution in [0.1, 0.15) is 46.5 Å². The van der Waals surface area contributed by atoms with Crippen LogP contribution in [0.2, 0.25) is 5.04 Å². The van der Waals surface area contributed by atoms with E-state index in [0.717, 1.165) is 31.4 Å². The summed E-state index contributed by atoms with van der Waals surface area (Å²) in [5.41, 5.74) is 0.943. The van der Waals surface area contributed by atoms with Crippen molar-refractivity contribution in [2.75, 3.05) is 26.4 Å². The Kier molecular flexibility index (Phi) is 9.26. The van der Waals surface area contributed by atoms with E-state index in [-0.39, 0.29) is 17.9 Å². The van der Waals surface area contributed by atoms with Crippen molar-refractivity contribution in [1.29, 1.82) is 0 Å². The third-order valence-corrected chi connectivity index (χ3v) is 11.2. The number of aliphatic hydroxyl groups excluding tert-OH is 1. The Hall–Kier alpha value is -1.76. The number of aliphatic hydroxyl groups is 1. The summed E-state index contributed by atoms with van der Waals surface area (Å²) in [6.45, 7) is 8.63. The van der Waals surface area contributed by atoms with Gasteiger partial charge in [0, 0.05) is 13.2 Å². The molecule has 0 saturated carbocycles. The highest BCUT2D eigenvalue weighted by molar-refractivity contribution is 6.99. The molecule has 1 saturated heterocycles. The molecule has 3 rings (SSSR count). The number of hydrogen-bond acceptors (Lipinski definition) is 4. The zero-order valence-corrected chi connectivity index (χ0v) is 20.8. The highest BCUT2D eigenvalue weighted by Crippen LogP contribution is 2.36. The van der Waals surface area contributed by atoms with Gasteiger partial charge < -0.3 is 19.0 Å². The Morgan fingerprint density at radius 3 is 2.16 bits per heavy atom. The van der Waals surface area contributed by atoms with Crippen LogP contribution in [0.25, 0.3) is 0 Å². The van der Waals surface area contributed by atoms with Crippen molar-refractivity contribution in [3.8, 4) is 0 Å². The van der Waals surface area contributed by atoms with E-state index in [9.17, 15) is 5.11 Å². The Morgan fingerprint density at radius 1 is 1.03 bits per heavy atom. The SMILES string of the molecule is CC(C)(C)[Si](OCC/C(=C/COC1CCCCO1)CO)(c1ccccc1)c1ccccc1. The molecule has 0 aliphatic carbocycles. The Morgan fingerprint density at radius 2 is 1.66 bits per heavy atom. The first-order valence-corrected chi connectivity index (χ1v) is 13.6.